The number of aryl methyl sites for hydroxylation is 1. The Morgan fingerprint density at radius 3 is 2.68 bits per heavy atom. The molecule has 3 rings (SSSR count). The summed E-state index contributed by atoms with van der Waals surface area (Å²) < 4.78 is 6.87. The third-order valence-corrected chi connectivity index (χ3v) is 5.01. The Bertz CT molecular complexity index is 1100. The van der Waals surface area contributed by atoms with E-state index in [-0.39, 0.29) is 5.56 Å². The third-order valence-electron chi connectivity index (χ3n) is 4.27. The Balaban J connectivity index is 1.64. The molecular weight excluding hydrogens is 403 g/mol. The van der Waals surface area contributed by atoms with Crippen LogP contribution in [0.3, 0.4) is 0 Å². The van der Waals surface area contributed by atoms with Crippen LogP contribution in [0.1, 0.15) is 16.8 Å². The molecule has 0 aliphatic carbocycles. The van der Waals surface area contributed by atoms with E-state index in [0.29, 0.717) is 46.3 Å². The molecule has 146 valence electrons. The standard InChI is InChI=1S/C20H18Cl2N2O4/c1-24-16-6-3-2-5-13(16)17(18(25)20(24)27)19(26)23-9-4-10-28-12-7-8-14(21)15(22)11-12/h2-3,5-8,11,25H,4,9-10H2,1H3,(H,23,26). The Hall–Kier alpha value is -2.70. The fraction of sp³-hybridized carbons (Fsp3) is 0.200. The highest BCUT2D eigenvalue weighted by Crippen LogP contribution is 2.26. The molecule has 0 bridgehead atoms. The minimum absolute atomic E-state index is 0.0240. The second kappa shape index (κ2) is 8.54. The van der Waals surface area contributed by atoms with Crippen molar-refractivity contribution >= 4 is 40.0 Å². The number of para-hydroxylation sites is 1. The van der Waals surface area contributed by atoms with Crippen molar-refractivity contribution in [2.24, 2.45) is 7.05 Å². The number of nitrogens with one attached hydrogen (secondary N) is 1. The van der Waals surface area contributed by atoms with Crippen LogP contribution in [0.5, 0.6) is 11.5 Å². The number of carbonyl (C=O) groups excluding carboxylic acids is 1. The van der Waals surface area contributed by atoms with Gasteiger partial charge in [-0.3, -0.25) is 9.59 Å². The molecule has 28 heavy (non-hydrogen) atoms. The maximum atomic E-state index is 12.6. The Labute approximate surface area is 171 Å². The van der Waals surface area contributed by atoms with Crippen molar-refractivity contribution in [2.45, 2.75) is 6.42 Å². The summed E-state index contributed by atoms with van der Waals surface area (Å²) in [6, 6.07) is 11.9. The highest BCUT2D eigenvalue weighted by atomic mass is 35.5. The second-order valence-corrected chi connectivity index (χ2v) is 6.95. The second-order valence-electron chi connectivity index (χ2n) is 6.14. The summed E-state index contributed by atoms with van der Waals surface area (Å²) in [5.74, 6) is -0.498. The van der Waals surface area contributed by atoms with E-state index in [2.05, 4.69) is 5.32 Å². The van der Waals surface area contributed by atoms with Gasteiger partial charge in [0.25, 0.3) is 11.5 Å². The lowest BCUT2D eigenvalue weighted by molar-refractivity contribution is 0.0950. The van der Waals surface area contributed by atoms with Gasteiger partial charge in [0.2, 0.25) is 0 Å². The molecule has 0 aliphatic rings. The van der Waals surface area contributed by atoms with Gasteiger partial charge in [-0.05, 0) is 24.6 Å². The topological polar surface area (TPSA) is 80.6 Å². The molecule has 0 unspecified atom stereocenters. The van der Waals surface area contributed by atoms with Gasteiger partial charge in [0.1, 0.15) is 5.75 Å². The number of hydrogen-bond donors (Lipinski definition) is 2. The average molecular weight is 421 g/mol. The Kier molecular flexibility index (Phi) is 6.11. The zero-order valence-corrected chi connectivity index (χ0v) is 16.5. The van der Waals surface area contributed by atoms with E-state index in [4.69, 9.17) is 27.9 Å². The normalized spacial score (nSPS) is 10.8. The van der Waals surface area contributed by atoms with Crippen LogP contribution >= 0.6 is 23.2 Å². The van der Waals surface area contributed by atoms with Crippen LogP contribution in [0.4, 0.5) is 0 Å². The molecule has 2 aromatic carbocycles. The van der Waals surface area contributed by atoms with Gasteiger partial charge in [0.15, 0.2) is 5.75 Å². The lowest BCUT2D eigenvalue weighted by Crippen LogP contribution is -2.28. The molecule has 3 aromatic rings. The molecule has 0 saturated carbocycles. The summed E-state index contributed by atoms with van der Waals surface area (Å²) in [5, 5.41) is 14.3. The predicted molar refractivity (Wildman–Crippen MR) is 110 cm³/mol. The molecule has 6 nitrogen and oxygen atoms in total. The quantitative estimate of drug-likeness (QED) is 0.595. The van der Waals surface area contributed by atoms with E-state index < -0.39 is 17.2 Å². The van der Waals surface area contributed by atoms with E-state index in [1.807, 2.05) is 0 Å². The molecule has 0 spiro atoms. The fourth-order valence-corrected chi connectivity index (χ4v) is 3.12. The number of fused-ring (bicyclic) bond motifs is 1. The first-order valence-corrected chi connectivity index (χ1v) is 9.32. The maximum Gasteiger partial charge on any atom is 0.293 e. The molecule has 0 fully saturated rings. The number of halogens is 2. The van der Waals surface area contributed by atoms with Crippen LogP contribution in [0.2, 0.25) is 10.0 Å². The van der Waals surface area contributed by atoms with Crippen molar-refractivity contribution in [3.05, 3.63) is 68.4 Å². The van der Waals surface area contributed by atoms with Crippen LogP contribution in [0.25, 0.3) is 10.9 Å². The van der Waals surface area contributed by atoms with E-state index in [9.17, 15) is 14.7 Å². The number of aromatic hydroxyl groups is 1. The number of rotatable bonds is 6. The van der Waals surface area contributed by atoms with Crippen molar-refractivity contribution < 1.29 is 14.6 Å². The van der Waals surface area contributed by atoms with Crippen molar-refractivity contribution in [1.29, 1.82) is 0 Å². The molecule has 0 atom stereocenters. The Morgan fingerprint density at radius 1 is 1.18 bits per heavy atom. The molecule has 8 heteroatoms. The highest BCUT2D eigenvalue weighted by molar-refractivity contribution is 6.42. The summed E-state index contributed by atoms with van der Waals surface area (Å²) >= 11 is 11.8. The summed E-state index contributed by atoms with van der Waals surface area (Å²) in [5.41, 5.74) is -0.0747. The van der Waals surface area contributed by atoms with Gasteiger partial charge in [-0.2, -0.15) is 0 Å². The minimum Gasteiger partial charge on any atom is -0.502 e. The van der Waals surface area contributed by atoms with E-state index in [0.717, 1.165) is 0 Å². The van der Waals surface area contributed by atoms with E-state index in [1.54, 1.807) is 49.5 Å². The number of carbonyl (C=O) groups is 1. The van der Waals surface area contributed by atoms with Gasteiger partial charge in [-0.25, -0.2) is 0 Å². The molecule has 1 amide bonds. The van der Waals surface area contributed by atoms with Gasteiger partial charge in [-0.1, -0.05) is 41.4 Å². The SMILES string of the molecule is Cn1c(=O)c(O)c(C(=O)NCCCOc2ccc(Cl)c(Cl)c2)c2ccccc21. The Morgan fingerprint density at radius 2 is 1.93 bits per heavy atom. The van der Waals surface area contributed by atoms with Crippen LogP contribution in [-0.2, 0) is 7.05 Å². The third kappa shape index (κ3) is 4.08. The number of benzene rings is 2. The van der Waals surface area contributed by atoms with Crippen LogP contribution < -0.4 is 15.6 Å². The van der Waals surface area contributed by atoms with Crippen molar-refractivity contribution in [3.8, 4) is 11.5 Å². The summed E-state index contributed by atoms with van der Waals surface area (Å²) in [6.45, 7) is 0.657. The number of amides is 1. The molecule has 2 N–H and O–H groups in total. The summed E-state index contributed by atoms with van der Waals surface area (Å²) in [7, 11) is 1.55. The van der Waals surface area contributed by atoms with Crippen LogP contribution in [-0.4, -0.2) is 28.7 Å². The monoisotopic (exact) mass is 420 g/mol. The van der Waals surface area contributed by atoms with E-state index in [1.165, 1.54) is 4.57 Å². The van der Waals surface area contributed by atoms with Crippen LogP contribution in [0.15, 0.2) is 47.3 Å². The van der Waals surface area contributed by atoms with Gasteiger partial charge in [-0.15, -0.1) is 0 Å². The molecule has 0 saturated heterocycles. The first-order valence-electron chi connectivity index (χ1n) is 8.57. The smallest absolute Gasteiger partial charge is 0.293 e. The number of nitrogens with zero attached hydrogens (tertiary/aromatic N) is 1. The number of pyridine rings is 1. The molecule has 0 radical (unpaired) electrons. The lowest BCUT2D eigenvalue weighted by atomic mass is 10.1. The molecule has 1 heterocycles. The number of ether oxygens (including phenoxy) is 1. The van der Waals surface area contributed by atoms with Crippen molar-refractivity contribution in [1.82, 2.24) is 9.88 Å². The fourth-order valence-electron chi connectivity index (χ4n) is 2.83. The van der Waals surface area contributed by atoms with Gasteiger partial charge in [0, 0.05) is 25.0 Å². The first-order chi connectivity index (χ1) is 13.4. The molecular formula is C20H18Cl2N2O4. The summed E-state index contributed by atoms with van der Waals surface area (Å²) in [4.78, 5) is 24.8. The zero-order chi connectivity index (χ0) is 20.3. The lowest BCUT2D eigenvalue weighted by Gasteiger charge is -2.12. The van der Waals surface area contributed by atoms with Gasteiger partial charge >= 0.3 is 0 Å². The van der Waals surface area contributed by atoms with Gasteiger partial charge in [0.05, 0.1) is 27.7 Å². The van der Waals surface area contributed by atoms with Crippen molar-refractivity contribution in [3.63, 3.8) is 0 Å². The molecule has 1 aromatic heterocycles. The van der Waals surface area contributed by atoms with Crippen LogP contribution in [0, 0.1) is 0 Å². The average Bonchev–Trinajstić information content (AvgIpc) is 2.69. The molecule has 0 aliphatic heterocycles. The summed E-state index contributed by atoms with van der Waals surface area (Å²) in [6.07, 6.45) is 0.523. The van der Waals surface area contributed by atoms with E-state index >= 15 is 0 Å². The van der Waals surface area contributed by atoms with Crippen molar-refractivity contribution in [2.75, 3.05) is 13.2 Å². The zero-order valence-electron chi connectivity index (χ0n) is 15.0. The largest absolute Gasteiger partial charge is 0.502 e. The maximum absolute atomic E-state index is 12.6. The van der Waals surface area contributed by atoms with Gasteiger partial charge < -0.3 is 19.7 Å². The first kappa shape index (κ1) is 20.0. The predicted octanol–water partition coefficient (Wildman–Crippen LogP) is 3.75. The highest BCUT2D eigenvalue weighted by Gasteiger charge is 2.20. The number of aromatic nitrogens is 1. The minimum atomic E-state index is -0.619. The number of hydrogen-bond acceptors (Lipinski definition) is 4.